The molecule has 0 aliphatic heterocycles. The molecule has 242 valence electrons. The van der Waals surface area contributed by atoms with Gasteiger partial charge in [0.05, 0.1) is 57.2 Å². The summed E-state index contributed by atoms with van der Waals surface area (Å²) in [7, 11) is 0. The smallest absolute Gasteiger partial charge is 0.307 e. The van der Waals surface area contributed by atoms with E-state index in [1.165, 1.54) is 12.1 Å². The first-order chi connectivity index (χ1) is 24.0. The summed E-state index contributed by atoms with van der Waals surface area (Å²) in [6.45, 7) is 15.9. The lowest BCUT2D eigenvalue weighted by Gasteiger charge is -2.21. The van der Waals surface area contributed by atoms with Gasteiger partial charge in [0.1, 0.15) is 0 Å². The Balaban J connectivity index is 1.64. The maximum atomic E-state index is 14.7. The maximum Gasteiger partial charge on any atom is 0.415 e. The van der Waals surface area contributed by atoms with Crippen LogP contribution in [0.2, 0.25) is 0 Å². The van der Waals surface area contributed by atoms with E-state index in [-0.39, 0.29) is 22.4 Å². The van der Waals surface area contributed by atoms with Gasteiger partial charge in [-0.25, -0.2) is 4.85 Å². The number of aryl methyl sites for hydroxylation is 4. The van der Waals surface area contributed by atoms with Crippen molar-refractivity contribution in [3.05, 3.63) is 148 Å². The predicted octanol–water partition coefficient (Wildman–Crippen LogP) is 12.2. The molecule has 0 saturated carbocycles. The third-order valence-electron chi connectivity index (χ3n) is 9.61. The molecule has 0 amide bonds. The number of alkyl halides is 3. The molecule has 7 heteroatoms. The molecule has 0 atom stereocenters. The van der Waals surface area contributed by atoms with Crippen molar-refractivity contribution in [1.82, 2.24) is 9.13 Å². The van der Waals surface area contributed by atoms with Crippen molar-refractivity contribution in [1.29, 1.82) is 5.26 Å². The second-order valence-electron chi connectivity index (χ2n) is 13.1. The number of nitriles is 1. The van der Waals surface area contributed by atoms with Crippen LogP contribution in [0.3, 0.4) is 0 Å². The van der Waals surface area contributed by atoms with Crippen molar-refractivity contribution in [2.45, 2.75) is 33.9 Å². The topological polar surface area (TPSA) is 38.0 Å². The van der Waals surface area contributed by atoms with E-state index in [1.54, 1.807) is 12.1 Å². The summed E-state index contributed by atoms with van der Waals surface area (Å²) >= 11 is 0. The molecule has 2 heterocycles. The molecule has 0 N–H and O–H groups in total. The first-order valence-corrected chi connectivity index (χ1v) is 16.2. The van der Waals surface area contributed by atoms with Gasteiger partial charge in [0.2, 0.25) is 0 Å². The highest BCUT2D eigenvalue weighted by molar-refractivity contribution is 6.12. The highest BCUT2D eigenvalue weighted by atomic mass is 19.4. The van der Waals surface area contributed by atoms with Crippen LogP contribution in [0.4, 0.5) is 18.9 Å². The van der Waals surface area contributed by atoms with Gasteiger partial charge in [-0.3, -0.25) is 0 Å². The SMILES string of the molecule is [C-]#[N+]c1cccc(C(F)(F)F)c1-c1cc(-n2c3cc(C)ccc3c3ccc(C)cc32)c(-n2c3cc(C)ccc3c3ccc(C)cc32)cc1C#N. The molecule has 0 saturated heterocycles. The number of rotatable bonds is 3. The largest absolute Gasteiger partial charge is 0.415 e. The highest BCUT2D eigenvalue weighted by Gasteiger charge is 2.36. The van der Waals surface area contributed by atoms with Gasteiger partial charge in [-0.05, 0) is 91.9 Å². The number of hydrogen-bond donors (Lipinski definition) is 0. The Morgan fingerprint density at radius 3 is 1.40 bits per heavy atom. The summed E-state index contributed by atoms with van der Waals surface area (Å²) in [5.41, 5.74) is 7.58. The molecule has 0 aliphatic rings. The van der Waals surface area contributed by atoms with Gasteiger partial charge in [-0.15, -0.1) is 0 Å². The molecule has 0 radical (unpaired) electrons. The molecular formula is C43H29F3N4. The number of hydrogen-bond acceptors (Lipinski definition) is 1. The van der Waals surface area contributed by atoms with Gasteiger partial charge < -0.3 is 9.13 Å². The van der Waals surface area contributed by atoms with Gasteiger partial charge in [-0.1, -0.05) is 66.7 Å². The van der Waals surface area contributed by atoms with Crippen molar-refractivity contribution >= 4 is 49.3 Å². The van der Waals surface area contributed by atoms with Crippen LogP contribution in [0.5, 0.6) is 0 Å². The van der Waals surface area contributed by atoms with E-state index in [1.807, 2.05) is 27.7 Å². The fourth-order valence-electron chi connectivity index (χ4n) is 7.38. The average molecular weight is 659 g/mol. The standard InChI is InChI=1S/C43H29F3N4/c1-24-9-13-29-30-14-10-25(2)18-37(30)49(36(29)17-24)40-21-28(23-47)33(42-34(43(44,45)46)7-6-8-35(42)48-5)22-41(40)50-38-19-26(3)11-15-31(38)32-16-12-27(4)20-39(32)50/h6-22H,1-4H3. The zero-order valence-electron chi connectivity index (χ0n) is 27.7. The minimum Gasteiger partial charge on any atom is -0.307 e. The van der Waals surface area contributed by atoms with Crippen molar-refractivity contribution in [2.75, 3.05) is 0 Å². The van der Waals surface area contributed by atoms with Crippen LogP contribution in [0.25, 0.3) is 71.0 Å². The zero-order chi connectivity index (χ0) is 35.1. The van der Waals surface area contributed by atoms with Crippen LogP contribution in [-0.4, -0.2) is 9.13 Å². The maximum absolute atomic E-state index is 14.7. The van der Waals surface area contributed by atoms with E-state index in [2.05, 4.69) is 92.8 Å². The number of nitrogens with zero attached hydrogens (tertiary/aromatic N) is 4. The van der Waals surface area contributed by atoms with Gasteiger partial charge in [-0.2, -0.15) is 18.4 Å². The van der Waals surface area contributed by atoms with Crippen molar-refractivity contribution in [2.24, 2.45) is 0 Å². The Morgan fingerprint density at radius 2 is 1.02 bits per heavy atom. The van der Waals surface area contributed by atoms with Crippen LogP contribution in [-0.2, 0) is 6.18 Å². The molecule has 0 fully saturated rings. The Bertz CT molecular complexity index is 2700. The summed E-state index contributed by atoms with van der Waals surface area (Å²) in [5, 5.41) is 14.7. The van der Waals surface area contributed by atoms with Crippen LogP contribution in [0.15, 0.2) is 103 Å². The molecule has 0 bridgehead atoms. The van der Waals surface area contributed by atoms with E-state index in [9.17, 15) is 18.4 Å². The van der Waals surface area contributed by atoms with E-state index >= 15 is 0 Å². The minimum atomic E-state index is -4.76. The van der Waals surface area contributed by atoms with Gasteiger partial charge in [0.15, 0.2) is 5.69 Å². The van der Waals surface area contributed by atoms with Crippen LogP contribution in [0.1, 0.15) is 33.4 Å². The van der Waals surface area contributed by atoms with Crippen molar-refractivity contribution in [3.63, 3.8) is 0 Å². The Morgan fingerprint density at radius 1 is 0.600 bits per heavy atom. The lowest BCUT2D eigenvalue weighted by molar-refractivity contribution is -0.137. The van der Waals surface area contributed by atoms with Crippen molar-refractivity contribution in [3.8, 4) is 28.6 Å². The summed E-state index contributed by atoms with van der Waals surface area (Å²) in [5.74, 6) is 0. The molecule has 4 nitrogen and oxygen atoms in total. The van der Waals surface area contributed by atoms with Crippen molar-refractivity contribution < 1.29 is 13.2 Å². The quantitative estimate of drug-likeness (QED) is 0.174. The van der Waals surface area contributed by atoms with Gasteiger partial charge in [0.25, 0.3) is 0 Å². The third kappa shape index (κ3) is 4.66. The Kier molecular flexibility index (Phi) is 6.89. The Hall–Kier alpha value is -6.31. The molecule has 0 spiro atoms. The average Bonchev–Trinajstić information content (AvgIpc) is 3.57. The Labute approximate surface area is 286 Å². The zero-order valence-corrected chi connectivity index (χ0v) is 27.7. The molecule has 6 aromatic carbocycles. The highest BCUT2D eigenvalue weighted by Crippen LogP contribution is 2.47. The van der Waals surface area contributed by atoms with E-state index < -0.39 is 11.7 Å². The normalized spacial score (nSPS) is 11.9. The fourth-order valence-corrected chi connectivity index (χ4v) is 7.38. The van der Waals surface area contributed by atoms with Crippen LogP contribution < -0.4 is 0 Å². The van der Waals surface area contributed by atoms with Crippen LogP contribution >= 0.6 is 0 Å². The molecule has 0 aliphatic carbocycles. The monoisotopic (exact) mass is 658 g/mol. The summed E-state index contributed by atoms with van der Waals surface area (Å²) in [4.78, 5) is 3.51. The minimum absolute atomic E-state index is 0.0359. The molecule has 8 rings (SSSR count). The number of benzene rings is 6. The van der Waals surface area contributed by atoms with E-state index in [0.717, 1.165) is 71.9 Å². The second kappa shape index (κ2) is 11.1. The molecule has 2 aromatic heterocycles. The van der Waals surface area contributed by atoms with E-state index in [0.29, 0.717) is 11.4 Å². The number of halogens is 3. The summed E-state index contributed by atoms with van der Waals surface area (Å²) in [6, 6.07) is 34.1. The number of fused-ring (bicyclic) bond motifs is 6. The molecule has 0 unspecified atom stereocenters. The number of aromatic nitrogens is 2. The lowest BCUT2D eigenvalue weighted by Crippen LogP contribution is -2.09. The van der Waals surface area contributed by atoms with E-state index in [4.69, 9.17) is 6.57 Å². The predicted molar refractivity (Wildman–Crippen MR) is 195 cm³/mol. The summed E-state index contributed by atoms with van der Waals surface area (Å²) in [6.07, 6.45) is -4.76. The lowest BCUT2D eigenvalue weighted by atomic mass is 9.92. The second-order valence-corrected chi connectivity index (χ2v) is 13.1. The van der Waals surface area contributed by atoms with Crippen LogP contribution in [0, 0.1) is 45.6 Å². The van der Waals surface area contributed by atoms with Gasteiger partial charge in [0, 0.05) is 27.1 Å². The molecular weight excluding hydrogens is 629 g/mol. The first-order valence-electron chi connectivity index (χ1n) is 16.2. The molecule has 8 aromatic rings. The van der Waals surface area contributed by atoms with Gasteiger partial charge >= 0.3 is 6.18 Å². The fraction of sp³-hybridized carbons (Fsp3) is 0.116. The first kappa shape index (κ1) is 31.0. The molecule has 50 heavy (non-hydrogen) atoms. The third-order valence-corrected chi connectivity index (χ3v) is 9.61. The summed E-state index contributed by atoms with van der Waals surface area (Å²) < 4.78 is 48.3.